The second kappa shape index (κ2) is 7.62. The summed E-state index contributed by atoms with van der Waals surface area (Å²) in [6, 6.07) is 4.12. The maximum Gasteiger partial charge on any atom is 0.337 e. The van der Waals surface area contributed by atoms with Crippen molar-refractivity contribution >= 4 is 17.6 Å². The van der Waals surface area contributed by atoms with Gasteiger partial charge in [-0.1, -0.05) is 11.6 Å². The molecule has 1 aromatic carbocycles. The molecule has 0 heterocycles. The number of hydrogen-bond acceptors (Lipinski definition) is 4. The van der Waals surface area contributed by atoms with E-state index in [2.05, 4.69) is 5.32 Å². The molecule has 0 saturated heterocycles. The molecule has 6 heteroatoms. The van der Waals surface area contributed by atoms with E-state index in [0.29, 0.717) is 19.4 Å². The number of nitrogens with two attached hydrogens (primary N) is 1. The van der Waals surface area contributed by atoms with Gasteiger partial charge in [-0.05, 0) is 31.9 Å². The molecule has 0 aliphatic heterocycles. The van der Waals surface area contributed by atoms with Gasteiger partial charge in [0.25, 0.3) is 0 Å². The first-order chi connectivity index (χ1) is 9.45. The molecular formula is C14H20N2O4. The lowest BCUT2D eigenvalue weighted by Gasteiger charge is -2.14. The van der Waals surface area contributed by atoms with E-state index in [0.717, 1.165) is 5.56 Å². The Bertz CT molecular complexity index is 488. The van der Waals surface area contributed by atoms with Gasteiger partial charge in [0.1, 0.15) is 0 Å². The van der Waals surface area contributed by atoms with Crippen LogP contribution in [0.25, 0.3) is 0 Å². The van der Waals surface area contributed by atoms with Crippen LogP contribution in [0.2, 0.25) is 0 Å². The van der Waals surface area contributed by atoms with Gasteiger partial charge in [0.2, 0.25) is 5.91 Å². The predicted molar refractivity (Wildman–Crippen MR) is 75.9 cm³/mol. The van der Waals surface area contributed by atoms with E-state index in [4.69, 9.17) is 15.6 Å². The number of carboxylic acids is 1. The fourth-order valence-corrected chi connectivity index (χ4v) is 1.75. The minimum atomic E-state index is -1.09. The number of aromatic carboxylic acids is 1. The Kier molecular flexibility index (Phi) is 6.14. The summed E-state index contributed by atoms with van der Waals surface area (Å²) in [5.74, 6) is -1.48. The molecule has 0 aromatic heterocycles. The van der Waals surface area contributed by atoms with E-state index in [9.17, 15) is 9.59 Å². The predicted octanol–water partition coefficient (Wildman–Crippen LogP) is 1.39. The van der Waals surface area contributed by atoms with Crippen LogP contribution in [0.4, 0.5) is 5.69 Å². The fraction of sp³-hybridized carbons (Fsp3) is 0.429. The van der Waals surface area contributed by atoms with Gasteiger partial charge in [-0.15, -0.1) is 0 Å². The number of hydrogen-bond donors (Lipinski definition) is 3. The Hall–Kier alpha value is -1.92. The molecule has 6 nitrogen and oxygen atoms in total. The third-order valence-electron chi connectivity index (χ3n) is 2.86. The maximum absolute atomic E-state index is 11.9. The summed E-state index contributed by atoms with van der Waals surface area (Å²) < 4.78 is 4.89. The number of rotatable bonds is 7. The van der Waals surface area contributed by atoms with E-state index in [1.807, 2.05) is 0 Å². The molecule has 0 aliphatic rings. The maximum atomic E-state index is 11.9. The molecule has 0 saturated carbocycles. The third kappa shape index (κ3) is 4.64. The lowest BCUT2D eigenvalue weighted by atomic mass is 10.1. The van der Waals surface area contributed by atoms with Crippen molar-refractivity contribution in [3.8, 4) is 0 Å². The monoisotopic (exact) mass is 280 g/mol. The molecule has 1 rings (SSSR count). The van der Waals surface area contributed by atoms with Crippen LogP contribution in [0, 0.1) is 6.92 Å². The van der Waals surface area contributed by atoms with E-state index < -0.39 is 17.9 Å². The van der Waals surface area contributed by atoms with Crippen molar-refractivity contribution in [1.29, 1.82) is 0 Å². The van der Waals surface area contributed by atoms with Gasteiger partial charge in [-0.2, -0.15) is 0 Å². The molecular weight excluding hydrogens is 260 g/mol. The van der Waals surface area contributed by atoms with Gasteiger partial charge in [0.15, 0.2) is 0 Å². The quantitative estimate of drug-likeness (QED) is 0.655. The summed E-state index contributed by atoms with van der Waals surface area (Å²) >= 11 is 0. The standard InChI is InChI=1S/C14H20N2O4/c1-9-5-6-12(10(8-9)14(18)19)16-13(17)11(15)4-3-7-20-2/h5-6,8,11H,3-4,7,15H2,1-2H3,(H,16,17)(H,18,19). The SMILES string of the molecule is COCCCC(N)C(=O)Nc1ccc(C)cc1C(=O)O. The number of carboxylic acid groups (broad SMARTS) is 1. The number of aryl methyl sites for hydroxylation is 1. The molecule has 1 unspecified atom stereocenters. The normalized spacial score (nSPS) is 11.9. The summed E-state index contributed by atoms with van der Waals surface area (Å²) in [7, 11) is 1.58. The topological polar surface area (TPSA) is 102 Å². The highest BCUT2D eigenvalue weighted by Crippen LogP contribution is 2.17. The smallest absolute Gasteiger partial charge is 0.337 e. The number of ether oxygens (including phenoxy) is 1. The Morgan fingerprint density at radius 3 is 2.75 bits per heavy atom. The number of amides is 1. The molecule has 4 N–H and O–H groups in total. The minimum absolute atomic E-state index is 0.0578. The van der Waals surface area contributed by atoms with Gasteiger partial charge in [0.05, 0.1) is 17.3 Å². The molecule has 0 spiro atoms. The lowest BCUT2D eigenvalue weighted by molar-refractivity contribution is -0.117. The van der Waals surface area contributed by atoms with Gasteiger partial charge >= 0.3 is 5.97 Å². The van der Waals surface area contributed by atoms with E-state index in [1.54, 1.807) is 26.2 Å². The third-order valence-corrected chi connectivity index (χ3v) is 2.86. The number of benzene rings is 1. The Morgan fingerprint density at radius 1 is 1.45 bits per heavy atom. The lowest BCUT2D eigenvalue weighted by Crippen LogP contribution is -2.36. The van der Waals surface area contributed by atoms with Crippen LogP contribution in [0.3, 0.4) is 0 Å². The van der Waals surface area contributed by atoms with Crippen LogP contribution in [-0.4, -0.2) is 36.7 Å². The second-order valence-electron chi connectivity index (χ2n) is 4.58. The number of anilines is 1. The average Bonchev–Trinajstić information content (AvgIpc) is 2.40. The largest absolute Gasteiger partial charge is 0.478 e. The number of carbonyl (C=O) groups is 2. The highest BCUT2D eigenvalue weighted by molar-refractivity contribution is 6.02. The first-order valence-electron chi connectivity index (χ1n) is 6.35. The molecule has 0 aliphatic carbocycles. The van der Waals surface area contributed by atoms with Crippen molar-refractivity contribution in [2.24, 2.45) is 5.73 Å². The van der Waals surface area contributed by atoms with Crippen molar-refractivity contribution in [3.05, 3.63) is 29.3 Å². The first-order valence-corrected chi connectivity index (χ1v) is 6.35. The Morgan fingerprint density at radius 2 is 2.15 bits per heavy atom. The van der Waals surface area contributed by atoms with Crippen molar-refractivity contribution in [1.82, 2.24) is 0 Å². The van der Waals surface area contributed by atoms with Crippen molar-refractivity contribution in [3.63, 3.8) is 0 Å². The summed E-state index contributed by atoms with van der Waals surface area (Å²) in [5, 5.41) is 11.7. The van der Waals surface area contributed by atoms with Crippen molar-refractivity contribution < 1.29 is 19.4 Å². The van der Waals surface area contributed by atoms with Crippen LogP contribution >= 0.6 is 0 Å². The number of methoxy groups -OCH3 is 1. The van der Waals surface area contributed by atoms with Crippen molar-refractivity contribution in [2.75, 3.05) is 19.0 Å². The second-order valence-corrected chi connectivity index (χ2v) is 4.58. The minimum Gasteiger partial charge on any atom is -0.478 e. The van der Waals surface area contributed by atoms with Gasteiger partial charge < -0.3 is 20.9 Å². The zero-order valence-corrected chi connectivity index (χ0v) is 11.7. The highest BCUT2D eigenvalue weighted by Gasteiger charge is 2.17. The first kappa shape index (κ1) is 16.1. The van der Waals surface area contributed by atoms with Gasteiger partial charge in [-0.25, -0.2) is 4.79 Å². The average molecular weight is 280 g/mol. The number of nitrogens with one attached hydrogen (secondary N) is 1. The summed E-state index contributed by atoms with van der Waals surface area (Å²) in [5.41, 5.74) is 6.87. The van der Waals surface area contributed by atoms with E-state index in [1.165, 1.54) is 6.07 Å². The zero-order valence-electron chi connectivity index (χ0n) is 11.7. The number of carbonyl (C=O) groups excluding carboxylic acids is 1. The molecule has 0 fully saturated rings. The molecule has 20 heavy (non-hydrogen) atoms. The van der Waals surface area contributed by atoms with E-state index in [-0.39, 0.29) is 11.3 Å². The Balaban J connectivity index is 2.72. The molecule has 0 bridgehead atoms. The molecule has 1 amide bonds. The van der Waals surface area contributed by atoms with Crippen LogP contribution < -0.4 is 11.1 Å². The molecule has 1 aromatic rings. The van der Waals surface area contributed by atoms with Crippen LogP contribution in [0.5, 0.6) is 0 Å². The summed E-state index contributed by atoms with van der Waals surface area (Å²) in [6.45, 7) is 2.32. The molecule has 110 valence electrons. The highest BCUT2D eigenvalue weighted by atomic mass is 16.5. The van der Waals surface area contributed by atoms with Crippen LogP contribution in [0.15, 0.2) is 18.2 Å². The zero-order chi connectivity index (χ0) is 15.1. The van der Waals surface area contributed by atoms with Gasteiger partial charge in [-0.3, -0.25) is 4.79 Å². The fourth-order valence-electron chi connectivity index (χ4n) is 1.75. The van der Waals surface area contributed by atoms with Crippen LogP contribution in [-0.2, 0) is 9.53 Å². The summed E-state index contributed by atoms with van der Waals surface area (Å²) in [6.07, 6.45) is 1.15. The van der Waals surface area contributed by atoms with Crippen molar-refractivity contribution in [2.45, 2.75) is 25.8 Å². The Labute approximate surface area is 117 Å². The molecule has 0 radical (unpaired) electrons. The van der Waals surface area contributed by atoms with Crippen LogP contribution in [0.1, 0.15) is 28.8 Å². The summed E-state index contributed by atoms with van der Waals surface area (Å²) in [4.78, 5) is 23.0. The van der Waals surface area contributed by atoms with E-state index >= 15 is 0 Å². The molecule has 1 atom stereocenters. The van der Waals surface area contributed by atoms with Gasteiger partial charge in [0, 0.05) is 13.7 Å².